The van der Waals surface area contributed by atoms with E-state index in [2.05, 4.69) is 10.6 Å². The Morgan fingerprint density at radius 3 is 2.62 bits per heavy atom. The Labute approximate surface area is 190 Å². The number of fused-ring (bicyclic) bond motifs is 1. The number of nitrogens with one attached hydrogen (secondary N) is 2. The number of anilines is 1. The topological polar surface area (TPSA) is 137 Å². The summed E-state index contributed by atoms with van der Waals surface area (Å²) in [5.41, 5.74) is -0.0346. The van der Waals surface area contributed by atoms with Gasteiger partial charge in [-0.1, -0.05) is 29.8 Å². The van der Waals surface area contributed by atoms with Gasteiger partial charge in [-0.05, 0) is 12.1 Å². The third-order valence-electron chi connectivity index (χ3n) is 4.17. The van der Waals surface area contributed by atoms with Crippen molar-refractivity contribution < 1.29 is 28.8 Å². The molecule has 12 heteroatoms. The molecule has 0 atom stereocenters. The summed E-state index contributed by atoms with van der Waals surface area (Å²) in [6, 6.07) is 10.9. The second-order valence-electron chi connectivity index (χ2n) is 6.27. The summed E-state index contributed by atoms with van der Waals surface area (Å²) in [7, 11) is 1.29. The van der Waals surface area contributed by atoms with Crippen molar-refractivity contribution in [1.29, 1.82) is 0 Å². The number of methoxy groups -OCH3 is 1. The summed E-state index contributed by atoms with van der Waals surface area (Å²) in [5, 5.41) is 16.7. The maximum Gasteiger partial charge on any atom is 0.325 e. The van der Waals surface area contributed by atoms with Crippen LogP contribution in [0.25, 0.3) is 10.1 Å². The van der Waals surface area contributed by atoms with E-state index in [4.69, 9.17) is 21.1 Å². The number of thiophene rings is 1. The Morgan fingerprint density at radius 1 is 1.19 bits per heavy atom. The van der Waals surface area contributed by atoms with Crippen LogP contribution in [-0.4, -0.2) is 43.0 Å². The predicted octanol–water partition coefficient (Wildman–Crippen LogP) is 3.38. The highest BCUT2D eigenvalue weighted by molar-refractivity contribution is 7.21. The monoisotopic (exact) mass is 477 g/mol. The first kappa shape index (κ1) is 23.0. The minimum absolute atomic E-state index is 0.0753. The number of halogens is 1. The molecule has 0 radical (unpaired) electrons. The molecular weight excluding hydrogens is 462 g/mol. The van der Waals surface area contributed by atoms with E-state index in [9.17, 15) is 24.5 Å². The molecule has 166 valence electrons. The van der Waals surface area contributed by atoms with Gasteiger partial charge in [0.15, 0.2) is 6.61 Å². The maximum atomic E-state index is 12.3. The molecule has 3 rings (SSSR count). The minimum atomic E-state index is -0.832. The number of carbonyl (C=O) groups is 3. The molecule has 0 unspecified atom stereocenters. The third kappa shape index (κ3) is 5.31. The lowest BCUT2D eigenvalue weighted by Gasteiger charge is -2.10. The number of amides is 2. The van der Waals surface area contributed by atoms with Gasteiger partial charge in [-0.3, -0.25) is 24.5 Å². The first-order valence-corrected chi connectivity index (χ1v) is 10.2. The average molecular weight is 478 g/mol. The van der Waals surface area contributed by atoms with Gasteiger partial charge in [0.05, 0.1) is 28.8 Å². The predicted molar refractivity (Wildman–Crippen MR) is 118 cm³/mol. The number of nitrogens with zero attached hydrogens (tertiary/aromatic N) is 1. The van der Waals surface area contributed by atoms with Crippen LogP contribution in [0.3, 0.4) is 0 Å². The Morgan fingerprint density at radius 2 is 1.94 bits per heavy atom. The van der Waals surface area contributed by atoms with Gasteiger partial charge < -0.3 is 20.1 Å². The number of nitro groups is 1. The van der Waals surface area contributed by atoms with Crippen molar-refractivity contribution in [2.45, 2.75) is 0 Å². The molecule has 32 heavy (non-hydrogen) atoms. The van der Waals surface area contributed by atoms with Gasteiger partial charge in [-0.2, -0.15) is 0 Å². The molecule has 0 aliphatic carbocycles. The van der Waals surface area contributed by atoms with Crippen molar-refractivity contribution in [3.63, 3.8) is 0 Å². The molecule has 0 spiro atoms. The minimum Gasteiger partial charge on any atom is -0.494 e. The first-order chi connectivity index (χ1) is 15.3. The van der Waals surface area contributed by atoms with E-state index in [0.717, 1.165) is 16.2 Å². The summed E-state index contributed by atoms with van der Waals surface area (Å²) >= 11 is 7.43. The lowest BCUT2D eigenvalue weighted by Crippen LogP contribution is -2.32. The van der Waals surface area contributed by atoms with Crippen molar-refractivity contribution in [3.05, 3.63) is 62.5 Å². The van der Waals surface area contributed by atoms with E-state index < -0.39 is 35.9 Å². The number of esters is 1. The van der Waals surface area contributed by atoms with E-state index in [-0.39, 0.29) is 22.0 Å². The number of nitro benzene ring substituents is 1. The highest BCUT2D eigenvalue weighted by Gasteiger charge is 2.18. The van der Waals surface area contributed by atoms with Gasteiger partial charge in [-0.15, -0.1) is 11.3 Å². The zero-order chi connectivity index (χ0) is 23.3. The molecule has 0 bridgehead atoms. The van der Waals surface area contributed by atoms with Crippen molar-refractivity contribution >= 4 is 62.2 Å². The number of carbonyl (C=O) groups excluding carboxylic acids is 3. The SMILES string of the molecule is COc1cc([N+](=O)[O-])ccc1NC(=O)COC(=O)CNC(=O)c1sc2ccccc2c1Cl. The van der Waals surface area contributed by atoms with Crippen molar-refractivity contribution in [3.8, 4) is 5.75 Å². The Kier molecular flexibility index (Phi) is 7.23. The standard InChI is InChI=1S/C20H16ClN3O7S/c1-30-14-8-11(24(28)29)6-7-13(14)23-16(25)10-31-17(26)9-22-20(27)19-18(21)12-4-2-3-5-15(12)32-19/h2-8H,9-10H2,1H3,(H,22,27)(H,23,25). The largest absolute Gasteiger partial charge is 0.494 e. The zero-order valence-corrected chi connectivity index (χ0v) is 18.1. The lowest BCUT2D eigenvalue weighted by molar-refractivity contribution is -0.384. The Balaban J connectivity index is 1.50. The van der Waals surface area contributed by atoms with E-state index in [0.29, 0.717) is 5.02 Å². The zero-order valence-electron chi connectivity index (χ0n) is 16.5. The van der Waals surface area contributed by atoms with E-state index >= 15 is 0 Å². The van der Waals surface area contributed by atoms with Crippen LogP contribution in [-0.2, 0) is 14.3 Å². The number of hydrogen-bond donors (Lipinski definition) is 2. The first-order valence-electron chi connectivity index (χ1n) is 9.03. The molecule has 0 saturated heterocycles. The van der Waals surface area contributed by atoms with Crippen LogP contribution in [0.1, 0.15) is 9.67 Å². The van der Waals surface area contributed by atoms with Gasteiger partial charge >= 0.3 is 5.97 Å². The van der Waals surface area contributed by atoms with Gasteiger partial charge in [0, 0.05) is 16.2 Å². The number of ether oxygens (including phenoxy) is 2. The molecule has 10 nitrogen and oxygen atoms in total. The van der Waals surface area contributed by atoms with Crippen LogP contribution < -0.4 is 15.4 Å². The van der Waals surface area contributed by atoms with E-state index in [1.807, 2.05) is 12.1 Å². The molecule has 1 heterocycles. The summed E-state index contributed by atoms with van der Waals surface area (Å²) in [6.45, 7) is -1.09. The molecule has 2 aromatic carbocycles. The molecule has 2 amide bonds. The third-order valence-corrected chi connectivity index (χ3v) is 5.84. The fraction of sp³-hybridized carbons (Fsp3) is 0.150. The summed E-state index contributed by atoms with van der Waals surface area (Å²) in [4.78, 5) is 46.7. The van der Waals surface area contributed by atoms with Crippen LogP contribution >= 0.6 is 22.9 Å². The molecule has 0 aliphatic rings. The van der Waals surface area contributed by atoms with Crippen LogP contribution in [0, 0.1) is 10.1 Å². The van der Waals surface area contributed by atoms with E-state index in [1.165, 1.54) is 30.6 Å². The quantitative estimate of drug-likeness (QED) is 0.288. The Bertz CT molecular complexity index is 1210. The van der Waals surface area contributed by atoms with Crippen LogP contribution in [0.5, 0.6) is 5.75 Å². The van der Waals surface area contributed by atoms with Gasteiger partial charge in [-0.25, -0.2) is 0 Å². The number of non-ortho nitro benzene ring substituents is 1. The van der Waals surface area contributed by atoms with Gasteiger partial charge in [0.2, 0.25) is 0 Å². The lowest BCUT2D eigenvalue weighted by atomic mass is 10.2. The number of benzene rings is 2. The van der Waals surface area contributed by atoms with Crippen molar-refractivity contribution in [2.24, 2.45) is 0 Å². The molecule has 0 fully saturated rings. The summed E-state index contributed by atoms with van der Waals surface area (Å²) in [5.74, 6) is -1.98. The van der Waals surface area contributed by atoms with Crippen LogP contribution in [0.4, 0.5) is 11.4 Å². The molecule has 0 saturated carbocycles. The fourth-order valence-corrected chi connectivity index (χ4v) is 4.11. The summed E-state index contributed by atoms with van der Waals surface area (Å²) in [6.07, 6.45) is 0. The van der Waals surface area contributed by atoms with Crippen LogP contribution in [0.2, 0.25) is 5.02 Å². The maximum absolute atomic E-state index is 12.3. The molecule has 2 N–H and O–H groups in total. The normalized spacial score (nSPS) is 10.4. The summed E-state index contributed by atoms with van der Waals surface area (Å²) < 4.78 is 10.7. The fourth-order valence-electron chi connectivity index (χ4n) is 2.67. The molecule has 3 aromatic rings. The molecule has 1 aromatic heterocycles. The van der Waals surface area contributed by atoms with Gasteiger partial charge in [0.1, 0.15) is 17.2 Å². The number of hydrogen-bond acceptors (Lipinski definition) is 8. The highest BCUT2D eigenvalue weighted by atomic mass is 35.5. The Hall–Kier alpha value is -3.70. The molecule has 0 aliphatic heterocycles. The average Bonchev–Trinajstić information content (AvgIpc) is 3.13. The second kappa shape index (κ2) is 10.1. The van der Waals surface area contributed by atoms with Gasteiger partial charge in [0.25, 0.3) is 17.5 Å². The number of rotatable bonds is 8. The smallest absolute Gasteiger partial charge is 0.325 e. The highest BCUT2D eigenvalue weighted by Crippen LogP contribution is 2.35. The van der Waals surface area contributed by atoms with Crippen molar-refractivity contribution in [1.82, 2.24) is 5.32 Å². The van der Waals surface area contributed by atoms with Crippen LogP contribution in [0.15, 0.2) is 42.5 Å². The second-order valence-corrected chi connectivity index (χ2v) is 7.70. The van der Waals surface area contributed by atoms with Crippen molar-refractivity contribution in [2.75, 3.05) is 25.6 Å². The van der Waals surface area contributed by atoms with E-state index in [1.54, 1.807) is 12.1 Å². The molecular formula is C20H16ClN3O7S.